The van der Waals surface area contributed by atoms with E-state index in [4.69, 9.17) is 6.42 Å². The van der Waals surface area contributed by atoms with Crippen molar-refractivity contribution < 1.29 is 4.79 Å². The number of likely N-dealkylation sites (tertiary alicyclic amines) is 1. The molecule has 6 heteroatoms. The Balaban J connectivity index is 1.38. The van der Waals surface area contributed by atoms with Gasteiger partial charge in [0.05, 0.1) is 5.92 Å². The topological polar surface area (TPSA) is 70.0 Å². The van der Waals surface area contributed by atoms with Gasteiger partial charge in [-0.25, -0.2) is 0 Å². The molecule has 3 heterocycles. The van der Waals surface area contributed by atoms with Gasteiger partial charge in [0.15, 0.2) is 5.66 Å². The van der Waals surface area contributed by atoms with Gasteiger partial charge in [-0.15, -0.1) is 12.3 Å². The summed E-state index contributed by atoms with van der Waals surface area (Å²) in [6, 6.07) is 14.4. The predicted octanol–water partition coefficient (Wildman–Crippen LogP) is 3.38. The minimum absolute atomic E-state index is 0.0918. The quantitative estimate of drug-likeness (QED) is 0.655. The van der Waals surface area contributed by atoms with Crippen LogP contribution >= 0.6 is 0 Å². The summed E-state index contributed by atoms with van der Waals surface area (Å²) in [6.45, 7) is 3.01. The monoisotopic (exact) mass is 401 g/mol. The van der Waals surface area contributed by atoms with E-state index < -0.39 is 0 Å². The van der Waals surface area contributed by atoms with Crippen LogP contribution in [0.15, 0.2) is 65.1 Å². The average Bonchev–Trinajstić information content (AvgIpc) is 3.43. The first-order valence-corrected chi connectivity index (χ1v) is 10.5. The Morgan fingerprint density at radius 2 is 1.90 bits per heavy atom. The number of rotatable bonds is 9. The van der Waals surface area contributed by atoms with Gasteiger partial charge in [0.25, 0.3) is 0 Å². The van der Waals surface area contributed by atoms with Crippen LogP contribution in [0.25, 0.3) is 0 Å². The molecule has 6 nitrogen and oxygen atoms in total. The number of hydrogen-bond donors (Lipinski definition) is 1. The highest BCUT2D eigenvalue weighted by Gasteiger charge is 2.40. The van der Waals surface area contributed by atoms with Crippen molar-refractivity contribution in [3.8, 4) is 12.3 Å². The molecule has 2 atom stereocenters. The summed E-state index contributed by atoms with van der Waals surface area (Å²) in [5, 5.41) is 11.4. The van der Waals surface area contributed by atoms with Crippen LogP contribution < -0.4 is 5.32 Å². The Bertz CT molecular complexity index is 916. The van der Waals surface area contributed by atoms with Crippen LogP contribution in [-0.2, 0) is 11.3 Å². The fourth-order valence-corrected chi connectivity index (χ4v) is 4.26. The molecule has 2 aliphatic heterocycles. The van der Waals surface area contributed by atoms with Gasteiger partial charge in [-0.05, 0) is 23.3 Å². The average molecular weight is 402 g/mol. The molecule has 1 aromatic heterocycles. The zero-order chi connectivity index (χ0) is 20.8. The molecule has 1 amide bonds. The predicted molar refractivity (Wildman–Crippen MR) is 115 cm³/mol. The van der Waals surface area contributed by atoms with Gasteiger partial charge >= 0.3 is 0 Å². The van der Waals surface area contributed by atoms with Gasteiger partial charge < -0.3 is 5.32 Å². The Hall–Kier alpha value is -3.04. The summed E-state index contributed by atoms with van der Waals surface area (Å²) in [4.78, 5) is 19.6. The number of pyridine rings is 1. The number of terminal acetylenes is 1. The number of nitrogens with zero attached hydrogens (tertiary/aromatic N) is 4. The normalized spacial score (nSPS) is 21.8. The summed E-state index contributed by atoms with van der Waals surface area (Å²) in [5.74, 6) is 2.80. The molecule has 1 aromatic carbocycles. The molecule has 0 saturated carbocycles. The molecule has 2 aromatic rings. The first kappa shape index (κ1) is 20.2. The lowest BCUT2D eigenvalue weighted by molar-refractivity contribution is -0.125. The second-order valence-electron chi connectivity index (χ2n) is 8.10. The SMILES string of the molecule is C#CCCC1(CCNC(=O)[C@@H]2CN(Cc3ccccc3)C[C@H]2c2ccncc2)N=N1. The Labute approximate surface area is 177 Å². The first-order valence-electron chi connectivity index (χ1n) is 10.5. The molecular formula is C24H27N5O. The second kappa shape index (κ2) is 9.19. The smallest absolute Gasteiger partial charge is 0.225 e. The van der Waals surface area contributed by atoms with E-state index in [1.807, 2.05) is 18.2 Å². The van der Waals surface area contributed by atoms with E-state index in [-0.39, 0.29) is 23.4 Å². The number of aromatic nitrogens is 1. The van der Waals surface area contributed by atoms with Crippen molar-refractivity contribution in [3.63, 3.8) is 0 Å². The van der Waals surface area contributed by atoms with E-state index >= 15 is 0 Å². The van der Waals surface area contributed by atoms with Gasteiger partial charge in [0.2, 0.25) is 5.91 Å². The maximum Gasteiger partial charge on any atom is 0.225 e. The summed E-state index contributed by atoms with van der Waals surface area (Å²) >= 11 is 0. The van der Waals surface area contributed by atoms with E-state index in [1.165, 1.54) is 11.1 Å². The third kappa shape index (κ3) is 4.92. The molecule has 4 rings (SSSR count). The molecule has 0 bridgehead atoms. The van der Waals surface area contributed by atoms with Crippen LogP contribution in [0.5, 0.6) is 0 Å². The summed E-state index contributed by atoms with van der Waals surface area (Å²) in [7, 11) is 0. The molecule has 0 radical (unpaired) electrons. The molecule has 154 valence electrons. The summed E-state index contributed by atoms with van der Waals surface area (Å²) in [5.41, 5.74) is 2.07. The highest BCUT2D eigenvalue weighted by Crippen LogP contribution is 2.36. The van der Waals surface area contributed by atoms with Crippen LogP contribution in [0, 0.1) is 18.3 Å². The number of carbonyl (C=O) groups excluding carboxylic acids is 1. The molecule has 0 aliphatic carbocycles. The molecule has 1 saturated heterocycles. The second-order valence-corrected chi connectivity index (χ2v) is 8.10. The third-order valence-electron chi connectivity index (χ3n) is 5.99. The van der Waals surface area contributed by atoms with Crippen molar-refractivity contribution in [2.45, 2.75) is 37.4 Å². The Morgan fingerprint density at radius 3 is 2.60 bits per heavy atom. The van der Waals surface area contributed by atoms with Gasteiger partial charge in [-0.2, -0.15) is 10.2 Å². The minimum atomic E-state index is -0.362. The van der Waals surface area contributed by atoms with E-state index in [0.29, 0.717) is 19.4 Å². The van der Waals surface area contributed by atoms with Crippen molar-refractivity contribution >= 4 is 5.91 Å². The zero-order valence-electron chi connectivity index (χ0n) is 17.1. The lowest BCUT2D eigenvalue weighted by atomic mass is 9.89. The van der Waals surface area contributed by atoms with Gasteiger partial charge in [0, 0.05) is 63.8 Å². The molecule has 0 spiro atoms. The molecule has 1 N–H and O–H groups in total. The number of hydrogen-bond acceptors (Lipinski definition) is 5. The van der Waals surface area contributed by atoms with E-state index in [2.05, 4.69) is 55.6 Å². The number of carbonyl (C=O) groups is 1. The van der Waals surface area contributed by atoms with Crippen molar-refractivity contribution in [1.82, 2.24) is 15.2 Å². The lowest BCUT2D eigenvalue weighted by Crippen LogP contribution is -2.36. The van der Waals surface area contributed by atoms with Crippen molar-refractivity contribution in [2.24, 2.45) is 16.1 Å². The van der Waals surface area contributed by atoms with E-state index in [0.717, 1.165) is 26.1 Å². The largest absolute Gasteiger partial charge is 0.356 e. The van der Waals surface area contributed by atoms with Gasteiger partial charge in [-0.3, -0.25) is 14.7 Å². The fourth-order valence-electron chi connectivity index (χ4n) is 4.26. The van der Waals surface area contributed by atoms with Gasteiger partial charge in [0.1, 0.15) is 0 Å². The van der Waals surface area contributed by atoms with E-state index in [1.54, 1.807) is 12.4 Å². The maximum absolute atomic E-state index is 13.1. The third-order valence-corrected chi connectivity index (χ3v) is 5.99. The Morgan fingerprint density at radius 1 is 1.13 bits per heavy atom. The van der Waals surface area contributed by atoms with Gasteiger partial charge in [-0.1, -0.05) is 30.3 Å². The summed E-state index contributed by atoms with van der Waals surface area (Å²) < 4.78 is 0. The minimum Gasteiger partial charge on any atom is -0.356 e. The number of benzene rings is 1. The molecule has 2 aliphatic rings. The number of nitrogens with one attached hydrogen (secondary N) is 1. The fraction of sp³-hybridized carbons (Fsp3) is 0.417. The van der Waals surface area contributed by atoms with Crippen LogP contribution in [0.1, 0.15) is 36.3 Å². The van der Waals surface area contributed by atoms with Crippen LogP contribution in [0.2, 0.25) is 0 Å². The zero-order valence-corrected chi connectivity index (χ0v) is 17.1. The highest BCUT2D eigenvalue weighted by atomic mass is 16.1. The molecular weight excluding hydrogens is 374 g/mol. The van der Waals surface area contributed by atoms with Crippen LogP contribution in [0.3, 0.4) is 0 Å². The van der Waals surface area contributed by atoms with Crippen LogP contribution in [-0.4, -0.2) is 41.1 Å². The standard InChI is InChI=1S/C24H27N5O/c1-2-3-11-24(27-28-24)12-15-26-23(30)22-18-29(16-19-7-5-4-6-8-19)17-21(22)20-9-13-25-14-10-20/h1,4-10,13-14,21-22H,3,11-12,15-18H2,(H,26,30)/t21-,22+/m0/s1. The van der Waals surface area contributed by atoms with Crippen molar-refractivity contribution in [2.75, 3.05) is 19.6 Å². The highest BCUT2D eigenvalue weighted by molar-refractivity contribution is 5.80. The molecule has 1 fully saturated rings. The van der Waals surface area contributed by atoms with Crippen LogP contribution in [0.4, 0.5) is 0 Å². The molecule has 30 heavy (non-hydrogen) atoms. The van der Waals surface area contributed by atoms with Crippen molar-refractivity contribution in [1.29, 1.82) is 0 Å². The summed E-state index contributed by atoms with van der Waals surface area (Å²) in [6.07, 6.45) is 11.1. The molecule has 0 unspecified atom stereocenters. The number of amides is 1. The lowest BCUT2D eigenvalue weighted by Gasteiger charge is -2.19. The Kier molecular flexibility index (Phi) is 6.20. The van der Waals surface area contributed by atoms with E-state index in [9.17, 15) is 4.79 Å². The maximum atomic E-state index is 13.1. The van der Waals surface area contributed by atoms with Crippen molar-refractivity contribution in [3.05, 3.63) is 66.0 Å². The first-order chi connectivity index (χ1) is 14.7.